The summed E-state index contributed by atoms with van der Waals surface area (Å²) in [4.78, 5) is 32.1. The summed E-state index contributed by atoms with van der Waals surface area (Å²) in [5.74, 6) is 0.742. The quantitative estimate of drug-likeness (QED) is 0.604. The fourth-order valence-electron chi connectivity index (χ4n) is 2.46. The van der Waals surface area contributed by atoms with E-state index < -0.39 is 0 Å². The van der Waals surface area contributed by atoms with Gasteiger partial charge in [0.25, 0.3) is 5.91 Å². The number of ether oxygens (including phenoxy) is 1. The molecule has 0 fully saturated rings. The summed E-state index contributed by atoms with van der Waals surface area (Å²) in [5.41, 5.74) is 2.27. The molecule has 28 heavy (non-hydrogen) atoms. The first kappa shape index (κ1) is 19.0. The van der Waals surface area contributed by atoms with Crippen LogP contribution in [0.5, 0.6) is 5.75 Å². The maximum Gasteiger partial charge on any atom is 0.258 e. The van der Waals surface area contributed by atoms with Gasteiger partial charge in [0.15, 0.2) is 5.78 Å². The van der Waals surface area contributed by atoms with E-state index in [0.717, 1.165) is 5.75 Å². The third-order valence-electron chi connectivity index (χ3n) is 3.86. The van der Waals surface area contributed by atoms with Crippen molar-refractivity contribution in [3.63, 3.8) is 0 Å². The number of nitrogens with zero attached hydrogens (tertiary/aromatic N) is 2. The predicted octanol–water partition coefficient (Wildman–Crippen LogP) is 4.07. The summed E-state index contributed by atoms with van der Waals surface area (Å²) in [6.45, 7) is 4.00. The van der Waals surface area contributed by atoms with Crippen LogP contribution in [0, 0.1) is 0 Å². The number of Topliss-reactive ketones (excluding diaryl/α,β-unsaturated/α-hetero) is 1. The predicted molar refractivity (Wildman–Crippen MR) is 107 cm³/mol. The number of carbonyl (C=O) groups is 2. The van der Waals surface area contributed by atoms with Crippen LogP contribution in [0.2, 0.25) is 0 Å². The normalized spacial score (nSPS) is 10.2. The van der Waals surface area contributed by atoms with E-state index in [1.807, 2.05) is 13.0 Å². The maximum absolute atomic E-state index is 12.3. The molecule has 2 aromatic carbocycles. The Balaban J connectivity index is 1.64. The van der Waals surface area contributed by atoms with E-state index in [1.54, 1.807) is 42.5 Å². The van der Waals surface area contributed by atoms with Crippen LogP contribution in [0.4, 0.5) is 17.3 Å². The summed E-state index contributed by atoms with van der Waals surface area (Å²) >= 11 is 0. The zero-order valence-corrected chi connectivity index (χ0v) is 15.6. The van der Waals surface area contributed by atoms with Gasteiger partial charge >= 0.3 is 0 Å². The van der Waals surface area contributed by atoms with Gasteiger partial charge < -0.3 is 15.4 Å². The summed E-state index contributed by atoms with van der Waals surface area (Å²) in [5, 5.41) is 5.80. The molecule has 0 saturated heterocycles. The minimum atomic E-state index is -0.311. The third kappa shape index (κ3) is 4.91. The van der Waals surface area contributed by atoms with Crippen molar-refractivity contribution in [3.8, 4) is 5.75 Å². The number of hydrogen-bond donors (Lipinski definition) is 2. The van der Waals surface area contributed by atoms with Crippen LogP contribution in [-0.4, -0.2) is 28.3 Å². The highest BCUT2D eigenvalue weighted by Gasteiger charge is 2.09. The van der Waals surface area contributed by atoms with E-state index in [4.69, 9.17) is 4.74 Å². The minimum absolute atomic E-state index is 0.0223. The highest BCUT2D eigenvalue weighted by Crippen LogP contribution is 2.17. The average Bonchev–Trinajstić information content (AvgIpc) is 2.70. The Morgan fingerprint density at radius 1 is 0.964 bits per heavy atom. The van der Waals surface area contributed by atoms with E-state index in [2.05, 4.69) is 20.6 Å². The smallest absolute Gasteiger partial charge is 0.258 e. The number of nitrogens with one attached hydrogen (secondary N) is 2. The molecule has 0 atom stereocenters. The van der Waals surface area contributed by atoms with Crippen molar-refractivity contribution in [3.05, 3.63) is 72.1 Å². The monoisotopic (exact) mass is 376 g/mol. The van der Waals surface area contributed by atoms with Crippen LogP contribution in [0.25, 0.3) is 0 Å². The summed E-state index contributed by atoms with van der Waals surface area (Å²) in [6, 6.07) is 14.2. The first-order chi connectivity index (χ1) is 13.5. The molecule has 0 radical (unpaired) electrons. The van der Waals surface area contributed by atoms with Crippen molar-refractivity contribution in [1.29, 1.82) is 0 Å². The number of aromatic nitrogens is 2. The molecule has 7 heteroatoms. The molecule has 1 aromatic heterocycles. The first-order valence-corrected chi connectivity index (χ1v) is 8.79. The molecule has 0 unspecified atom stereocenters. The van der Waals surface area contributed by atoms with Gasteiger partial charge in [0.2, 0.25) is 5.95 Å². The average molecular weight is 376 g/mol. The molecule has 2 N–H and O–H groups in total. The van der Waals surface area contributed by atoms with E-state index in [-0.39, 0.29) is 11.7 Å². The van der Waals surface area contributed by atoms with Crippen LogP contribution in [0.1, 0.15) is 34.6 Å². The van der Waals surface area contributed by atoms with Crippen LogP contribution >= 0.6 is 0 Å². The van der Waals surface area contributed by atoms with Crippen molar-refractivity contribution in [2.24, 2.45) is 0 Å². The Morgan fingerprint density at radius 3 is 2.32 bits per heavy atom. The molecule has 7 nitrogen and oxygen atoms in total. The van der Waals surface area contributed by atoms with Gasteiger partial charge in [-0.1, -0.05) is 12.1 Å². The summed E-state index contributed by atoms with van der Waals surface area (Å²) in [6.07, 6.45) is 2.88. The van der Waals surface area contributed by atoms with Crippen LogP contribution in [0.3, 0.4) is 0 Å². The van der Waals surface area contributed by atoms with Crippen molar-refractivity contribution in [2.45, 2.75) is 13.8 Å². The highest BCUT2D eigenvalue weighted by molar-refractivity contribution is 6.03. The third-order valence-corrected chi connectivity index (χ3v) is 3.86. The molecule has 3 rings (SSSR count). The SMILES string of the molecule is CCOc1ccc(NC(=O)c2cnc(Nc3cccc(C(C)=O)c3)nc2)cc1. The van der Waals surface area contributed by atoms with E-state index in [1.165, 1.54) is 19.3 Å². The van der Waals surface area contributed by atoms with Crippen molar-refractivity contribution in [2.75, 3.05) is 17.2 Å². The van der Waals surface area contributed by atoms with Gasteiger partial charge in [-0.15, -0.1) is 0 Å². The number of amides is 1. The highest BCUT2D eigenvalue weighted by atomic mass is 16.5. The molecule has 0 aliphatic heterocycles. The second kappa shape index (κ2) is 8.77. The maximum atomic E-state index is 12.3. The van der Waals surface area contributed by atoms with Crippen molar-refractivity contribution < 1.29 is 14.3 Å². The van der Waals surface area contributed by atoms with Gasteiger partial charge in [-0.25, -0.2) is 9.97 Å². The number of ketones is 1. The Bertz CT molecular complexity index is 970. The second-order valence-corrected chi connectivity index (χ2v) is 5.97. The lowest BCUT2D eigenvalue weighted by molar-refractivity contribution is 0.101. The molecule has 1 heterocycles. The second-order valence-electron chi connectivity index (χ2n) is 5.97. The van der Waals surface area contributed by atoms with E-state index in [0.29, 0.717) is 35.1 Å². The lowest BCUT2D eigenvalue weighted by Gasteiger charge is -2.08. The van der Waals surface area contributed by atoms with Crippen LogP contribution in [-0.2, 0) is 0 Å². The fraction of sp³-hybridized carbons (Fsp3) is 0.143. The zero-order chi connectivity index (χ0) is 19.9. The lowest BCUT2D eigenvalue weighted by Crippen LogP contribution is -2.13. The molecule has 0 aliphatic carbocycles. The Kier molecular flexibility index (Phi) is 5.96. The molecular formula is C21H20N4O3. The topological polar surface area (TPSA) is 93.2 Å². The molecule has 0 aliphatic rings. The number of benzene rings is 2. The molecule has 0 saturated carbocycles. The van der Waals surface area contributed by atoms with Crippen LogP contribution in [0.15, 0.2) is 60.9 Å². The Labute approximate surface area is 162 Å². The van der Waals surface area contributed by atoms with Crippen LogP contribution < -0.4 is 15.4 Å². The standard InChI is InChI=1S/C21H20N4O3/c1-3-28-19-9-7-17(8-10-19)24-20(27)16-12-22-21(23-13-16)25-18-6-4-5-15(11-18)14(2)26/h4-13H,3H2,1-2H3,(H,24,27)(H,22,23,25). The number of rotatable bonds is 7. The molecule has 142 valence electrons. The minimum Gasteiger partial charge on any atom is -0.494 e. The molecule has 0 bridgehead atoms. The molecular weight excluding hydrogens is 356 g/mol. The van der Waals surface area contributed by atoms with Gasteiger partial charge in [0, 0.05) is 29.3 Å². The number of hydrogen-bond acceptors (Lipinski definition) is 6. The van der Waals surface area contributed by atoms with Crippen molar-refractivity contribution >= 4 is 29.0 Å². The number of carbonyl (C=O) groups excluding carboxylic acids is 2. The zero-order valence-electron chi connectivity index (χ0n) is 15.6. The molecule has 1 amide bonds. The van der Waals surface area contributed by atoms with E-state index >= 15 is 0 Å². The van der Waals surface area contributed by atoms with Crippen molar-refractivity contribution in [1.82, 2.24) is 9.97 Å². The van der Waals surface area contributed by atoms with Gasteiger partial charge in [-0.3, -0.25) is 9.59 Å². The van der Waals surface area contributed by atoms with Gasteiger partial charge in [0.1, 0.15) is 5.75 Å². The summed E-state index contributed by atoms with van der Waals surface area (Å²) < 4.78 is 5.37. The number of anilines is 3. The van der Waals surface area contributed by atoms with Gasteiger partial charge in [0.05, 0.1) is 12.2 Å². The largest absolute Gasteiger partial charge is 0.494 e. The summed E-state index contributed by atoms with van der Waals surface area (Å²) in [7, 11) is 0. The molecule has 0 spiro atoms. The first-order valence-electron chi connectivity index (χ1n) is 8.79. The Morgan fingerprint density at radius 2 is 1.68 bits per heavy atom. The van der Waals surface area contributed by atoms with E-state index in [9.17, 15) is 9.59 Å². The lowest BCUT2D eigenvalue weighted by atomic mass is 10.1. The Hall–Kier alpha value is -3.74. The van der Waals surface area contributed by atoms with Gasteiger partial charge in [-0.05, 0) is 50.2 Å². The molecule has 3 aromatic rings. The fourth-order valence-corrected chi connectivity index (χ4v) is 2.46. The van der Waals surface area contributed by atoms with Gasteiger partial charge in [-0.2, -0.15) is 0 Å².